The van der Waals surface area contributed by atoms with Gasteiger partial charge in [-0.1, -0.05) is 6.07 Å². The molecule has 2 aromatic heterocycles. The van der Waals surface area contributed by atoms with Gasteiger partial charge in [0.1, 0.15) is 30.6 Å². The Morgan fingerprint density at radius 1 is 1.21 bits per heavy atom. The number of benzene rings is 1. The molecule has 0 saturated heterocycles. The Morgan fingerprint density at radius 3 is 2.83 bits per heavy atom. The molecule has 0 N–H and O–H groups in total. The highest BCUT2D eigenvalue weighted by molar-refractivity contribution is 5.47. The van der Waals surface area contributed by atoms with E-state index < -0.39 is 0 Å². The van der Waals surface area contributed by atoms with Crippen molar-refractivity contribution in [1.29, 1.82) is 5.26 Å². The molecule has 1 aliphatic heterocycles. The number of nitrogens with zero attached hydrogens (tertiary/aromatic N) is 6. The molecule has 1 aromatic carbocycles. The molecule has 3 aromatic rings. The van der Waals surface area contributed by atoms with Crippen molar-refractivity contribution in [2.24, 2.45) is 0 Å². The fraction of sp³-hybridized carbons (Fsp3) is 0.250. The number of rotatable bonds is 5. The summed E-state index contributed by atoms with van der Waals surface area (Å²) in [4.78, 5) is 26.0. The molecule has 4 rings (SSSR count). The van der Waals surface area contributed by atoms with E-state index in [-0.39, 0.29) is 18.2 Å². The van der Waals surface area contributed by atoms with E-state index >= 15 is 0 Å². The predicted octanol–water partition coefficient (Wildman–Crippen LogP) is 2.12. The molecule has 146 valence electrons. The SMILES string of the molecule is CN1CCCn2c1cc(OCc1ccc(Oc3cncnc3)c(C#N)c1)nc2=O. The first-order valence-corrected chi connectivity index (χ1v) is 9.06. The van der Waals surface area contributed by atoms with Crippen LogP contribution >= 0.6 is 0 Å². The molecule has 29 heavy (non-hydrogen) atoms. The summed E-state index contributed by atoms with van der Waals surface area (Å²) in [6.07, 6.45) is 5.34. The molecular formula is C20H18N6O3. The van der Waals surface area contributed by atoms with Gasteiger partial charge in [0.05, 0.1) is 18.0 Å². The summed E-state index contributed by atoms with van der Waals surface area (Å²) >= 11 is 0. The second-order valence-electron chi connectivity index (χ2n) is 6.57. The lowest BCUT2D eigenvalue weighted by molar-refractivity contribution is 0.290. The lowest BCUT2D eigenvalue weighted by Crippen LogP contribution is -2.36. The third-order valence-corrected chi connectivity index (χ3v) is 4.55. The maximum Gasteiger partial charge on any atom is 0.352 e. The average Bonchev–Trinajstić information content (AvgIpc) is 2.74. The van der Waals surface area contributed by atoms with Crippen LogP contribution in [0, 0.1) is 11.3 Å². The number of nitriles is 1. The fourth-order valence-electron chi connectivity index (χ4n) is 3.12. The molecule has 3 heterocycles. The highest BCUT2D eigenvalue weighted by Crippen LogP contribution is 2.26. The molecule has 0 bridgehead atoms. The highest BCUT2D eigenvalue weighted by Gasteiger charge is 2.17. The maximum atomic E-state index is 12.2. The minimum atomic E-state index is -0.324. The highest BCUT2D eigenvalue weighted by atomic mass is 16.5. The van der Waals surface area contributed by atoms with Crippen molar-refractivity contribution in [2.45, 2.75) is 19.6 Å². The molecule has 0 radical (unpaired) electrons. The van der Waals surface area contributed by atoms with Gasteiger partial charge in [0.2, 0.25) is 5.88 Å². The first kappa shape index (κ1) is 18.4. The Morgan fingerprint density at radius 2 is 2.03 bits per heavy atom. The molecule has 0 spiro atoms. The molecule has 0 aliphatic carbocycles. The van der Waals surface area contributed by atoms with Crippen molar-refractivity contribution < 1.29 is 9.47 Å². The average molecular weight is 390 g/mol. The van der Waals surface area contributed by atoms with E-state index in [1.54, 1.807) is 28.8 Å². The third kappa shape index (κ3) is 4.01. The zero-order valence-corrected chi connectivity index (χ0v) is 15.8. The van der Waals surface area contributed by atoms with E-state index in [4.69, 9.17) is 9.47 Å². The monoisotopic (exact) mass is 390 g/mol. The van der Waals surface area contributed by atoms with Crippen molar-refractivity contribution >= 4 is 5.82 Å². The zero-order valence-electron chi connectivity index (χ0n) is 15.8. The summed E-state index contributed by atoms with van der Waals surface area (Å²) in [7, 11) is 1.93. The van der Waals surface area contributed by atoms with Gasteiger partial charge in [-0.05, 0) is 24.1 Å². The van der Waals surface area contributed by atoms with Gasteiger partial charge >= 0.3 is 5.69 Å². The van der Waals surface area contributed by atoms with Gasteiger partial charge in [0, 0.05) is 26.2 Å². The molecule has 0 saturated carbocycles. The van der Waals surface area contributed by atoms with Crippen LogP contribution in [0.5, 0.6) is 17.4 Å². The third-order valence-electron chi connectivity index (χ3n) is 4.55. The maximum absolute atomic E-state index is 12.2. The Hall–Kier alpha value is -3.93. The Kier molecular flexibility index (Phi) is 5.07. The molecule has 0 fully saturated rings. The van der Waals surface area contributed by atoms with Crippen LogP contribution in [-0.2, 0) is 13.2 Å². The first-order valence-electron chi connectivity index (χ1n) is 9.06. The molecule has 0 atom stereocenters. The van der Waals surface area contributed by atoms with Gasteiger partial charge in [-0.15, -0.1) is 0 Å². The molecular weight excluding hydrogens is 372 g/mol. The van der Waals surface area contributed by atoms with Crippen molar-refractivity contribution in [1.82, 2.24) is 19.5 Å². The van der Waals surface area contributed by atoms with E-state index in [0.717, 1.165) is 24.3 Å². The summed E-state index contributed by atoms with van der Waals surface area (Å²) in [5, 5.41) is 9.44. The molecule has 0 amide bonds. The van der Waals surface area contributed by atoms with E-state index in [9.17, 15) is 10.1 Å². The number of hydrogen-bond donors (Lipinski definition) is 0. The van der Waals surface area contributed by atoms with Crippen LogP contribution in [0.3, 0.4) is 0 Å². The zero-order chi connectivity index (χ0) is 20.2. The number of fused-ring (bicyclic) bond motifs is 1. The molecule has 9 heteroatoms. The van der Waals surface area contributed by atoms with Crippen LogP contribution in [0.25, 0.3) is 0 Å². The van der Waals surface area contributed by atoms with Gasteiger partial charge < -0.3 is 14.4 Å². The van der Waals surface area contributed by atoms with Gasteiger partial charge in [-0.3, -0.25) is 4.57 Å². The topological polar surface area (TPSA) is 106 Å². The lowest BCUT2D eigenvalue weighted by Gasteiger charge is -2.28. The summed E-state index contributed by atoms with van der Waals surface area (Å²) in [6, 6.07) is 9.03. The van der Waals surface area contributed by atoms with Gasteiger partial charge in [0.15, 0.2) is 5.75 Å². The first-order chi connectivity index (χ1) is 14.1. The van der Waals surface area contributed by atoms with E-state index in [2.05, 4.69) is 21.0 Å². The van der Waals surface area contributed by atoms with Gasteiger partial charge in [-0.25, -0.2) is 14.8 Å². The Balaban J connectivity index is 1.51. The van der Waals surface area contributed by atoms with E-state index in [1.165, 1.54) is 18.7 Å². The minimum Gasteiger partial charge on any atom is -0.473 e. The van der Waals surface area contributed by atoms with Crippen molar-refractivity contribution in [3.63, 3.8) is 0 Å². The second-order valence-corrected chi connectivity index (χ2v) is 6.57. The number of hydrogen-bond acceptors (Lipinski definition) is 8. The van der Waals surface area contributed by atoms with Crippen LogP contribution in [0.4, 0.5) is 5.82 Å². The second kappa shape index (κ2) is 7.98. The van der Waals surface area contributed by atoms with Crippen molar-refractivity contribution in [2.75, 3.05) is 18.5 Å². The predicted molar refractivity (Wildman–Crippen MR) is 104 cm³/mol. The molecule has 9 nitrogen and oxygen atoms in total. The van der Waals surface area contributed by atoms with Gasteiger partial charge in [-0.2, -0.15) is 10.2 Å². The number of aromatic nitrogens is 4. The summed E-state index contributed by atoms with van der Waals surface area (Å²) < 4.78 is 13.0. The van der Waals surface area contributed by atoms with Crippen molar-refractivity contribution in [3.05, 3.63) is 64.6 Å². The standard InChI is InChI=1S/C20H18N6O3/c1-25-5-2-6-26-19(25)8-18(24-20(26)27)28-12-14-3-4-17(15(7-14)9-21)29-16-10-22-13-23-11-16/h3-4,7-8,10-11,13H,2,5-6,12H2,1H3. The number of ether oxygens (including phenoxy) is 2. The van der Waals surface area contributed by atoms with Crippen LogP contribution in [-0.4, -0.2) is 33.1 Å². The number of anilines is 1. The van der Waals surface area contributed by atoms with Crippen LogP contribution < -0.4 is 20.1 Å². The quantitative estimate of drug-likeness (QED) is 0.652. The fourth-order valence-corrected chi connectivity index (χ4v) is 3.12. The van der Waals surface area contributed by atoms with E-state index in [1.807, 2.05) is 11.9 Å². The Labute approximate surface area is 166 Å². The summed E-state index contributed by atoms with van der Waals surface area (Å²) in [5.74, 6) is 1.89. The summed E-state index contributed by atoms with van der Waals surface area (Å²) in [5.41, 5.74) is 0.787. The Bertz CT molecular complexity index is 1120. The minimum absolute atomic E-state index is 0.170. The molecule has 1 aliphatic rings. The van der Waals surface area contributed by atoms with Crippen LogP contribution in [0.15, 0.2) is 47.8 Å². The van der Waals surface area contributed by atoms with Gasteiger partial charge in [0.25, 0.3) is 0 Å². The molecule has 0 unspecified atom stereocenters. The van der Waals surface area contributed by atoms with E-state index in [0.29, 0.717) is 23.6 Å². The lowest BCUT2D eigenvalue weighted by atomic mass is 10.1. The normalized spacial score (nSPS) is 12.8. The van der Waals surface area contributed by atoms with Crippen molar-refractivity contribution in [3.8, 4) is 23.4 Å². The van der Waals surface area contributed by atoms with Crippen LogP contribution in [0.2, 0.25) is 0 Å². The largest absolute Gasteiger partial charge is 0.473 e. The van der Waals surface area contributed by atoms with Crippen LogP contribution in [0.1, 0.15) is 17.5 Å². The smallest absolute Gasteiger partial charge is 0.352 e. The summed E-state index contributed by atoms with van der Waals surface area (Å²) in [6.45, 7) is 1.70.